The molecule has 2 heteroatoms. The monoisotopic (exact) mass is 314 g/mol. The first-order valence-electron chi connectivity index (χ1n) is 9.72. The van der Waals surface area contributed by atoms with Crippen LogP contribution in [0.3, 0.4) is 0 Å². The molecule has 136 valence electrons. The third-order valence-electron chi connectivity index (χ3n) is 3.98. The van der Waals surface area contributed by atoms with Gasteiger partial charge in [-0.3, -0.25) is 0 Å². The summed E-state index contributed by atoms with van der Waals surface area (Å²) in [6, 6.07) is 0. The second kappa shape index (κ2) is 16.9. The molecule has 2 unspecified atom stereocenters. The minimum absolute atomic E-state index is 0. The second-order valence-electron chi connectivity index (χ2n) is 6.04. The molecule has 0 N–H and O–H groups in total. The normalized spacial score (nSPS) is 23.0. The van der Waals surface area contributed by atoms with E-state index in [0.29, 0.717) is 0 Å². The van der Waals surface area contributed by atoms with Crippen LogP contribution in [0.15, 0.2) is 12.3 Å². The van der Waals surface area contributed by atoms with Crippen LogP contribution >= 0.6 is 0 Å². The van der Waals surface area contributed by atoms with Crippen LogP contribution in [-0.4, -0.2) is 43.5 Å². The fourth-order valence-electron chi connectivity index (χ4n) is 2.99. The first kappa shape index (κ1) is 23.8. The first-order valence-corrected chi connectivity index (χ1v) is 9.72. The van der Waals surface area contributed by atoms with Crippen molar-refractivity contribution in [2.24, 2.45) is 11.8 Å². The number of nitrogens with zero attached hydrogens (tertiary/aromatic N) is 2. The van der Waals surface area contributed by atoms with Gasteiger partial charge in [0.2, 0.25) is 0 Å². The van der Waals surface area contributed by atoms with Gasteiger partial charge in [-0.2, -0.15) is 0 Å². The molecule has 2 aliphatic rings. The van der Waals surface area contributed by atoms with Gasteiger partial charge >= 0.3 is 0 Å². The van der Waals surface area contributed by atoms with Crippen molar-refractivity contribution >= 4 is 0 Å². The van der Waals surface area contributed by atoms with Crippen molar-refractivity contribution in [3.05, 3.63) is 12.3 Å². The quantitative estimate of drug-likeness (QED) is 0.637. The maximum absolute atomic E-state index is 2.43. The summed E-state index contributed by atoms with van der Waals surface area (Å²) in [6.07, 6.45) is 11.4. The predicted molar refractivity (Wildman–Crippen MR) is 105 cm³/mol. The van der Waals surface area contributed by atoms with Crippen LogP contribution < -0.4 is 0 Å². The average Bonchev–Trinajstić information content (AvgIpc) is 3.14. The van der Waals surface area contributed by atoms with Gasteiger partial charge in [0.25, 0.3) is 0 Å². The van der Waals surface area contributed by atoms with E-state index in [9.17, 15) is 0 Å². The van der Waals surface area contributed by atoms with Crippen molar-refractivity contribution in [1.29, 1.82) is 0 Å². The van der Waals surface area contributed by atoms with Crippen LogP contribution in [0.4, 0.5) is 0 Å². The number of rotatable bonds is 4. The Kier molecular flexibility index (Phi) is 18.2. The van der Waals surface area contributed by atoms with Crippen LogP contribution in [0, 0.1) is 11.8 Å². The summed E-state index contributed by atoms with van der Waals surface area (Å²) >= 11 is 0. The van der Waals surface area contributed by atoms with E-state index in [1.165, 1.54) is 51.7 Å². The maximum atomic E-state index is 2.43. The van der Waals surface area contributed by atoms with E-state index in [2.05, 4.69) is 50.0 Å². The molecule has 1 fully saturated rings. The highest BCUT2D eigenvalue weighted by atomic mass is 15.1. The Labute approximate surface area is 143 Å². The summed E-state index contributed by atoms with van der Waals surface area (Å²) in [4.78, 5) is 4.68. The molecule has 2 aliphatic heterocycles. The molecule has 0 aliphatic carbocycles. The Morgan fingerprint density at radius 3 is 1.91 bits per heavy atom. The fourth-order valence-corrected chi connectivity index (χ4v) is 2.99. The third kappa shape index (κ3) is 12.1. The summed E-state index contributed by atoms with van der Waals surface area (Å²) in [5.41, 5.74) is 0. The van der Waals surface area contributed by atoms with Gasteiger partial charge in [0.1, 0.15) is 0 Å². The summed E-state index contributed by atoms with van der Waals surface area (Å²) in [5, 5.41) is 0. The number of likely N-dealkylation sites (tertiary alicyclic amines) is 1. The van der Waals surface area contributed by atoms with E-state index in [1.807, 2.05) is 27.7 Å². The Hall–Kier alpha value is -0.500. The molecular formula is C20H46N2. The van der Waals surface area contributed by atoms with Crippen molar-refractivity contribution in [3.63, 3.8) is 0 Å². The fraction of sp³-hybridized carbons (Fsp3) is 0.900. The van der Waals surface area contributed by atoms with Crippen molar-refractivity contribution in [1.82, 2.24) is 9.80 Å². The van der Waals surface area contributed by atoms with Crippen LogP contribution in [0.5, 0.6) is 0 Å². The molecule has 0 radical (unpaired) electrons. The van der Waals surface area contributed by atoms with Crippen molar-refractivity contribution in [2.45, 2.75) is 73.6 Å². The molecule has 1 saturated heterocycles. The maximum Gasteiger partial charge on any atom is 0.0232 e. The van der Waals surface area contributed by atoms with Gasteiger partial charge in [-0.05, 0) is 50.9 Å². The third-order valence-corrected chi connectivity index (χ3v) is 3.98. The van der Waals surface area contributed by atoms with E-state index in [1.54, 1.807) is 0 Å². The summed E-state index contributed by atoms with van der Waals surface area (Å²) < 4.78 is 0. The number of hydrogen-bond acceptors (Lipinski definition) is 2. The van der Waals surface area contributed by atoms with Crippen molar-refractivity contribution < 1.29 is 1.43 Å². The average molecular weight is 315 g/mol. The van der Waals surface area contributed by atoms with Crippen LogP contribution in [0.2, 0.25) is 0 Å². The molecule has 0 aromatic rings. The van der Waals surface area contributed by atoms with Gasteiger partial charge in [-0.15, -0.1) is 0 Å². The van der Waals surface area contributed by atoms with Gasteiger partial charge in [0.05, 0.1) is 0 Å². The first-order chi connectivity index (χ1) is 10.7. The molecule has 22 heavy (non-hydrogen) atoms. The predicted octanol–water partition coefficient (Wildman–Crippen LogP) is 5.90. The molecule has 0 aromatic carbocycles. The molecule has 2 heterocycles. The lowest BCUT2D eigenvalue weighted by Gasteiger charge is -2.10. The number of hydrogen-bond donors (Lipinski definition) is 0. The summed E-state index contributed by atoms with van der Waals surface area (Å²) in [6.45, 7) is 16.4. The molecule has 0 amide bonds. The Morgan fingerprint density at radius 1 is 0.955 bits per heavy atom. The zero-order valence-corrected chi connectivity index (χ0v) is 16.9. The molecule has 0 spiro atoms. The van der Waals surface area contributed by atoms with Gasteiger partial charge < -0.3 is 9.80 Å². The highest BCUT2D eigenvalue weighted by Crippen LogP contribution is 2.18. The van der Waals surface area contributed by atoms with Gasteiger partial charge in [0, 0.05) is 21.6 Å². The molecule has 0 aromatic heterocycles. The zero-order valence-electron chi connectivity index (χ0n) is 16.9. The molecular weight excluding hydrogens is 268 g/mol. The highest BCUT2D eigenvalue weighted by molar-refractivity contribution is 4.96. The highest BCUT2D eigenvalue weighted by Gasteiger charge is 2.17. The molecule has 2 nitrogen and oxygen atoms in total. The van der Waals surface area contributed by atoms with E-state index >= 15 is 0 Å². The van der Waals surface area contributed by atoms with Gasteiger partial charge in [-0.1, -0.05) is 60.5 Å². The smallest absolute Gasteiger partial charge is 0.0232 e. The lowest BCUT2D eigenvalue weighted by atomic mass is 10.0. The largest absolute Gasteiger partial charge is 0.380 e. The molecule has 0 saturated carbocycles. The van der Waals surface area contributed by atoms with Gasteiger partial charge in [0.15, 0.2) is 0 Å². The minimum Gasteiger partial charge on any atom is -0.380 e. The second-order valence-corrected chi connectivity index (χ2v) is 6.04. The minimum atomic E-state index is 0. The molecule has 2 atom stereocenters. The van der Waals surface area contributed by atoms with E-state index in [0.717, 1.165) is 11.8 Å². The molecule has 2 rings (SSSR count). The van der Waals surface area contributed by atoms with Crippen LogP contribution in [-0.2, 0) is 0 Å². The summed E-state index contributed by atoms with van der Waals surface area (Å²) in [7, 11) is 4.35. The zero-order chi connectivity index (χ0) is 17.4. The SMILES string of the molecule is CC.CC.CCCC1C=CN(C)C1.CCCC1CCN(C)C1.[HH]. The van der Waals surface area contributed by atoms with Crippen molar-refractivity contribution in [2.75, 3.05) is 33.7 Å². The van der Waals surface area contributed by atoms with Crippen LogP contribution in [0.25, 0.3) is 0 Å². The molecule has 0 bridgehead atoms. The lowest BCUT2D eigenvalue weighted by Crippen LogP contribution is -2.13. The van der Waals surface area contributed by atoms with E-state index in [4.69, 9.17) is 0 Å². The van der Waals surface area contributed by atoms with E-state index in [-0.39, 0.29) is 1.43 Å². The topological polar surface area (TPSA) is 6.48 Å². The Balaban J connectivity index is -0.000000276. The lowest BCUT2D eigenvalue weighted by molar-refractivity contribution is 0.387. The summed E-state index contributed by atoms with van der Waals surface area (Å²) in [5.74, 6) is 1.85. The van der Waals surface area contributed by atoms with E-state index < -0.39 is 0 Å². The van der Waals surface area contributed by atoms with Crippen molar-refractivity contribution in [3.8, 4) is 0 Å². The Bertz CT molecular complexity index is 242. The Morgan fingerprint density at radius 2 is 1.55 bits per heavy atom. The standard InChI is InChI=1S/C8H17N.C8H15N.2C2H6.H2/c2*1-3-4-8-5-6-9(2)7-8;2*1-2;/h8H,3-7H2,1-2H3;5-6,8H,3-4,7H2,1-2H3;2*1-2H3;1H. The van der Waals surface area contributed by atoms with Gasteiger partial charge in [-0.25, -0.2) is 0 Å². The van der Waals surface area contributed by atoms with Crippen LogP contribution in [0.1, 0.15) is 75.1 Å².